The fourth-order valence-electron chi connectivity index (χ4n) is 1.92. The van der Waals surface area contributed by atoms with Gasteiger partial charge in [-0.3, -0.25) is 4.79 Å². The van der Waals surface area contributed by atoms with Gasteiger partial charge in [-0.1, -0.05) is 0 Å². The maximum atomic E-state index is 11.2. The number of carboxylic acid groups (broad SMARTS) is 1. The van der Waals surface area contributed by atoms with E-state index in [-0.39, 0.29) is 13.0 Å². The number of nitrogens with zero attached hydrogens (tertiary/aromatic N) is 1. The molecule has 3 N–H and O–H groups in total. The number of carbonyl (C=O) groups is 2. The number of rotatable bonds is 3. The van der Waals surface area contributed by atoms with Crippen molar-refractivity contribution in [3.63, 3.8) is 0 Å². The first kappa shape index (κ1) is 11.9. The lowest BCUT2D eigenvalue weighted by molar-refractivity contribution is -0.873. The monoisotopic (exact) mass is 217 g/mol. The van der Waals surface area contributed by atoms with Crippen molar-refractivity contribution in [3.05, 3.63) is 0 Å². The number of aliphatic hydroxyl groups is 1. The van der Waals surface area contributed by atoms with Crippen molar-refractivity contribution in [2.24, 2.45) is 0 Å². The summed E-state index contributed by atoms with van der Waals surface area (Å²) in [5.74, 6) is -1.70. The van der Waals surface area contributed by atoms with Crippen LogP contribution in [0.15, 0.2) is 0 Å². The van der Waals surface area contributed by atoms with Gasteiger partial charge in [-0.25, -0.2) is 4.79 Å². The van der Waals surface area contributed by atoms with E-state index in [1.54, 1.807) is 0 Å². The maximum Gasteiger partial charge on any atom is 0.335 e. The SMILES string of the molecule is C[N+](C)(C)C[C@@]1(C(=O)O)C[C@H](O)C(=O)N1. The Hall–Kier alpha value is -1.14. The van der Waals surface area contributed by atoms with E-state index >= 15 is 0 Å². The van der Waals surface area contributed by atoms with E-state index in [2.05, 4.69) is 5.32 Å². The second kappa shape index (κ2) is 3.46. The molecule has 86 valence electrons. The van der Waals surface area contributed by atoms with Crippen LogP contribution in [0.5, 0.6) is 0 Å². The van der Waals surface area contributed by atoms with Crippen LogP contribution in [0.2, 0.25) is 0 Å². The van der Waals surface area contributed by atoms with Crippen LogP contribution < -0.4 is 5.32 Å². The lowest BCUT2D eigenvalue weighted by Crippen LogP contribution is -2.59. The number of likely N-dealkylation sites (N-methyl/N-ethyl adjacent to an activating group) is 1. The first-order valence-electron chi connectivity index (χ1n) is 4.70. The van der Waals surface area contributed by atoms with Gasteiger partial charge in [0, 0.05) is 6.42 Å². The Labute approximate surface area is 88.1 Å². The lowest BCUT2D eigenvalue weighted by Gasteiger charge is -2.33. The van der Waals surface area contributed by atoms with E-state index in [0.29, 0.717) is 4.48 Å². The number of aliphatic carboxylic acids is 1. The molecule has 0 unspecified atom stereocenters. The summed E-state index contributed by atoms with van der Waals surface area (Å²) in [5, 5.41) is 20.8. The fraction of sp³-hybridized carbons (Fsp3) is 0.778. The largest absolute Gasteiger partial charge is 0.479 e. The predicted molar refractivity (Wildman–Crippen MR) is 52.0 cm³/mol. The van der Waals surface area contributed by atoms with Crippen LogP contribution in [-0.2, 0) is 9.59 Å². The molecule has 1 rings (SSSR count). The minimum atomic E-state index is -1.34. The van der Waals surface area contributed by atoms with Crippen LogP contribution in [0, 0.1) is 0 Å². The van der Waals surface area contributed by atoms with Crippen LogP contribution in [0.3, 0.4) is 0 Å². The first-order valence-corrected chi connectivity index (χ1v) is 4.70. The molecule has 0 aromatic carbocycles. The van der Waals surface area contributed by atoms with E-state index in [4.69, 9.17) is 5.11 Å². The third-order valence-electron chi connectivity index (χ3n) is 2.36. The molecule has 6 heteroatoms. The van der Waals surface area contributed by atoms with Crippen molar-refractivity contribution in [3.8, 4) is 0 Å². The summed E-state index contributed by atoms with van der Waals surface area (Å²) < 4.78 is 0.402. The summed E-state index contributed by atoms with van der Waals surface area (Å²) in [4.78, 5) is 22.3. The normalized spacial score (nSPS) is 31.5. The second-order valence-corrected chi connectivity index (χ2v) is 5.04. The van der Waals surface area contributed by atoms with E-state index in [0.717, 1.165) is 0 Å². The molecule has 0 radical (unpaired) electrons. The predicted octanol–water partition coefficient (Wildman–Crippen LogP) is -1.60. The zero-order chi connectivity index (χ0) is 11.9. The number of carboxylic acids is 1. The highest BCUT2D eigenvalue weighted by Crippen LogP contribution is 2.23. The quantitative estimate of drug-likeness (QED) is 0.497. The molecular weight excluding hydrogens is 200 g/mol. The third-order valence-corrected chi connectivity index (χ3v) is 2.36. The summed E-state index contributed by atoms with van der Waals surface area (Å²) in [7, 11) is 5.50. The highest BCUT2D eigenvalue weighted by molar-refractivity contribution is 5.93. The van der Waals surface area contributed by atoms with Crippen molar-refractivity contribution in [1.82, 2.24) is 5.32 Å². The van der Waals surface area contributed by atoms with Gasteiger partial charge in [0.15, 0.2) is 5.54 Å². The first-order chi connectivity index (χ1) is 6.66. The fourth-order valence-corrected chi connectivity index (χ4v) is 1.92. The van der Waals surface area contributed by atoms with E-state index in [1.165, 1.54) is 0 Å². The lowest BCUT2D eigenvalue weighted by atomic mass is 9.95. The molecule has 15 heavy (non-hydrogen) atoms. The Morgan fingerprint density at radius 3 is 2.40 bits per heavy atom. The highest BCUT2D eigenvalue weighted by Gasteiger charge is 2.52. The van der Waals surface area contributed by atoms with Crippen molar-refractivity contribution in [2.45, 2.75) is 18.1 Å². The molecule has 0 aliphatic carbocycles. The van der Waals surface area contributed by atoms with Gasteiger partial charge in [0.25, 0.3) is 0 Å². The number of nitrogens with one attached hydrogen (secondary N) is 1. The summed E-state index contributed by atoms with van der Waals surface area (Å²) >= 11 is 0. The molecule has 1 fully saturated rings. The molecule has 0 aromatic heterocycles. The average Bonchev–Trinajstić information content (AvgIpc) is 2.24. The van der Waals surface area contributed by atoms with Crippen molar-refractivity contribution in [2.75, 3.05) is 27.7 Å². The molecule has 0 spiro atoms. The maximum absolute atomic E-state index is 11.2. The standard InChI is InChI=1S/C9H16N2O4/c1-11(2,3)5-9(8(14)15)4-6(12)7(13)10-9/h6,12H,4-5H2,1-3H3,(H-,10,13,14,15)/p+1/t6-,9+/m0/s1. The zero-order valence-electron chi connectivity index (χ0n) is 9.15. The molecule has 1 saturated heterocycles. The third kappa shape index (κ3) is 2.45. The second-order valence-electron chi connectivity index (χ2n) is 5.04. The Kier molecular flexibility index (Phi) is 2.75. The van der Waals surface area contributed by atoms with Crippen molar-refractivity contribution in [1.29, 1.82) is 0 Å². The summed E-state index contributed by atoms with van der Waals surface area (Å²) in [6, 6.07) is 0. The molecule has 2 atom stereocenters. The molecule has 1 aliphatic rings. The molecule has 1 aliphatic heterocycles. The number of quaternary nitrogens is 1. The van der Waals surface area contributed by atoms with Gasteiger partial charge in [0.1, 0.15) is 12.6 Å². The smallest absolute Gasteiger partial charge is 0.335 e. The molecule has 6 nitrogen and oxygen atoms in total. The number of hydrogen-bond acceptors (Lipinski definition) is 3. The summed E-state index contributed by atoms with van der Waals surface area (Å²) in [6.45, 7) is 0.241. The number of aliphatic hydroxyl groups excluding tert-OH is 1. The van der Waals surface area contributed by atoms with Gasteiger partial charge in [-0.15, -0.1) is 0 Å². The van der Waals surface area contributed by atoms with Gasteiger partial charge in [0.05, 0.1) is 21.1 Å². The average molecular weight is 217 g/mol. The van der Waals surface area contributed by atoms with Crippen LogP contribution in [-0.4, -0.2) is 65.9 Å². The minimum absolute atomic E-state index is 0.0727. The number of amides is 1. The highest BCUT2D eigenvalue weighted by atomic mass is 16.4. The van der Waals surface area contributed by atoms with E-state index in [1.807, 2.05) is 21.1 Å². The Balaban J connectivity index is 2.92. The molecular formula is C9H17N2O4+. The van der Waals surface area contributed by atoms with Crippen LogP contribution in [0.25, 0.3) is 0 Å². The van der Waals surface area contributed by atoms with Gasteiger partial charge in [-0.2, -0.15) is 0 Å². The number of carbonyl (C=O) groups excluding carboxylic acids is 1. The van der Waals surface area contributed by atoms with Crippen molar-refractivity contribution < 1.29 is 24.3 Å². The van der Waals surface area contributed by atoms with Crippen LogP contribution in [0.4, 0.5) is 0 Å². The Morgan fingerprint density at radius 2 is 2.13 bits per heavy atom. The van der Waals surface area contributed by atoms with Gasteiger partial charge < -0.3 is 20.0 Å². The van der Waals surface area contributed by atoms with Crippen molar-refractivity contribution >= 4 is 11.9 Å². The van der Waals surface area contributed by atoms with Gasteiger partial charge >= 0.3 is 5.97 Å². The van der Waals surface area contributed by atoms with Crippen LogP contribution >= 0.6 is 0 Å². The summed E-state index contributed by atoms with van der Waals surface area (Å²) in [6.07, 6.45) is -1.29. The van der Waals surface area contributed by atoms with Gasteiger partial charge in [0.2, 0.25) is 5.91 Å². The molecule has 0 bridgehead atoms. The van der Waals surface area contributed by atoms with Gasteiger partial charge in [-0.05, 0) is 0 Å². The molecule has 0 aromatic rings. The molecule has 1 amide bonds. The molecule has 1 heterocycles. The minimum Gasteiger partial charge on any atom is -0.479 e. The van der Waals surface area contributed by atoms with E-state index in [9.17, 15) is 14.7 Å². The summed E-state index contributed by atoms with van der Waals surface area (Å²) in [5.41, 5.74) is -1.34. The molecule has 0 saturated carbocycles. The van der Waals surface area contributed by atoms with E-state index < -0.39 is 23.5 Å². The zero-order valence-corrected chi connectivity index (χ0v) is 9.15. The topological polar surface area (TPSA) is 86.6 Å². The van der Waals surface area contributed by atoms with Crippen LogP contribution in [0.1, 0.15) is 6.42 Å². The Morgan fingerprint density at radius 1 is 1.60 bits per heavy atom. The number of hydrogen-bond donors (Lipinski definition) is 3. The Bertz CT molecular complexity index is 297.